The minimum absolute atomic E-state index is 0.268. The van der Waals surface area contributed by atoms with E-state index in [1.807, 2.05) is 10.6 Å². The van der Waals surface area contributed by atoms with Gasteiger partial charge in [-0.2, -0.15) is 0 Å². The van der Waals surface area contributed by atoms with Crippen molar-refractivity contribution in [3.63, 3.8) is 0 Å². The lowest BCUT2D eigenvalue weighted by Crippen LogP contribution is -2.58. The van der Waals surface area contributed by atoms with Crippen LogP contribution in [0.25, 0.3) is 10.9 Å². The van der Waals surface area contributed by atoms with E-state index in [0.29, 0.717) is 18.5 Å². The molecule has 4 heterocycles. The number of piperazine rings is 1. The van der Waals surface area contributed by atoms with Gasteiger partial charge in [0, 0.05) is 43.2 Å². The molecular formula is C17H19N3O. The van der Waals surface area contributed by atoms with Crippen LogP contribution in [0.5, 0.6) is 0 Å². The summed E-state index contributed by atoms with van der Waals surface area (Å²) in [6.07, 6.45) is 1.71. The van der Waals surface area contributed by atoms with Crippen molar-refractivity contribution in [3.05, 3.63) is 35.5 Å². The fourth-order valence-corrected chi connectivity index (χ4v) is 4.64. The van der Waals surface area contributed by atoms with Gasteiger partial charge in [-0.1, -0.05) is 18.2 Å². The summed E-state index contributed by atoms with van der Waals surface area (Å²) < 4.78 is 2.02. The lowest BCUT2D eigenvalue weighted by atomic mass is 9.86. The molecule has 0 bridgehead atoms. The zero-order chi connectivity index (χ0) is 14.1. The summed E-state index contributed by atoms with van der Waals surface area (Å²) in [6.45, 7) is 3.32. The molecule has 0 radical (unpaired) electrons. The summed E-state index contributed by atoms with van der Waals surface area (Å²) in [5.74, 6) is 0.268. The van der Waals surface area contributed by atoms with Gasteiger partial charge in [0.25, 0.3) is 0 Å². The van der Waals surface area contributed by atoms with Crippen LogP contribution in [0.3, 0.4) is 0 Å². The Labute approximate surface area is 123 Å². The fraction of sp³-hybridized carbons (Fsp3) is 0.471. The average Bonchev–Trinajstić information content (AvgIpc) is 2.85. The summed E-state index contributed by atoms with van der Waals surface area (Å²) in [4.78, 5) is 17.7. The number of rotatable bonds is 0. The minimum atomic E-state index is 0.268. The maximum absolute atomic E-state index is 12.8. The monoisotopic (exact) mass is 281 g/mol. The van der Waals surface area contributed by atoms with Crippen LogP contribution in [-0.4, -0.2) is 53.0 Å². The van der Waals surface area contributed by atoms with Crippen LogP contribution in [0.15, 0.2) is 24.3 Å². The summed E-state index contributed by atoms with van der Waals surface area (Å²) in [5, 5.41) is 1.29. The van der Waals surface area contributed by atoms with Crippen molar-refractivity contribution in [2.45, 2.75) is 24.9 Å². The molecule has 3 aliphatic rings. The first-order valence-corrected chi connectivity index (χ1v) is 7.85. The first kappa shape index (κ1) is 12.0. The van der Waals surface area contributed by atoms with E-state index in [1.165, 1.54) is 16.6 Å². The smallest absolute Gasteiger partial charge is 0.233 e. The third kappa shape index (κ3) is 1.39. The molecule has 0 unspecified atom stereocenters. The normalized spacial score (nSPS) is 28.9. The number of para-hydroxylation sites is 1. The fourth-order valence-electron chi connectivity index (χ4n) is 4.64. The third-order valence-electron chi connectivity index (χ3n) is 5.65. The van der Waals surface area contributed by atoms with Gasteiger partial charge in [-0.15, -0.1) is 0 Å². The van der Waals surface area contributed by atoms with Crippen LogP contribution in [0.4, 0.5) is 0 Å². The van der Waals surface area contributed by atoms with E-state index in [4.69, 9.17) is 0 Å². The summed E-state index contributed by atoms with van der Waals surface area (Å²) in [5.41, 5.74) is 3.82. The largest absolute Gasteiger partial charge is 0.300 e. The molecule has 4 nitrogen and oxygen atoms in total. The summed E-state index contributed by atoms with van der Waals surface area (Å²) >= 11 is 0. The van der Waals surface area contributed by atoms with E-state index in [2.05, 4.69) is 35.0 Å². The molecule has 1 aromatic heterocycles. The van der Waals surface area contributed by atoms with Crippen molar-refractivity contribution in [1.29, 1.82) is 0 Å². The van der Waals surface area contributed by atoms with Crippen LogP contribution in [0, 0.1) is 0 Å². The molecule has 1 saturated heterocycles. The second-order valence-electron chi connectivity index (χ2n) is 6.59. The number of aromatic nitrogens is 1. The zero-order valence-electron chi connectivity index (χ0n) is 12.2. The van der Waals surface area contributed by atoms with Crippen molar-refractivity contribution in [2.75, 3.05) is 26.7 Å². The van der Waals surface area contributed by atoms with Gasteiger partial charge in [-0.3, -0.25) is 19.2 Å². The van der Waals surface area contributed by atoms with E-state index in [1.54, 1.807) is 0 Å². The Kier molecular flexibility index (Phi) is 2.25. The van der Waals surface area contributed by atoms with Crippen molar-refractivity contribution in [2.24, 2.45) is 0 Å². The van der Waals surface area contributed by atoms with Gasteiger partial charge in [0.2, 0.25) is 5.91 Å². The molecule has 3 aliphatic heterocycles. The Hall–Kier alpha value is -1.65. The predicted octanol–water partition coefficient (Wildman–Crippen LogP) is 1.90. The van der Waals surface area contributed by atoms with E-state index >= 15 is 0 Å². The van der Waals surface area contributed by atoms with Gasteiger partial charge < -0.3 is 0 Å². The molecule has 0 aliphatic carbocycles. The minimum Gasteiger partial charge on any atom is -0.300 e. The van der Waals surface area contributed by atoms with Gasteiger partial charge in [0.05, 0.1) is 11.6 Å². The number of hydrogen-bond donors (Lipinski definition) is 0. The first-order valence-electron chi connectivity index (χ1n) is 7.85. The van der Waals surface area contributed by atoms with E-state index < -0.39 is 0 Å². The zero-order valence-corrected chi connectivity index (χ0v) is 12.2. The van der Waals surface area contributed by atoms with Crippen LogP contribution >= 0.6 is 0 Å². The molecule has 0 saturated carbocycles. The maximum atomic E-state index is 12.8. The summed E-state index contributed by atoms with van der Waals surface area (Å²) in [7, 11) is 2.17. The molecule has 2 atom stereocenters. The van der Waals surface area contributed by atoms with Crippen LogP contribution < -0.4 is 0 Å². The highest BCUT2D eigenvalue weighted by Gasteiger charge is 2.46. The number of nitrogens with zero attached hydrogens (tertiary/aromatic N) is 3. The number of likely N-dealkylation sites (N-methyl/N-ethyl adjacent to an activating group) is 1. The van der Waals surface area contributed by atoms with Crippen LogP contribution in [0.1, 0.15) is 28.5 Å². The Morgan fingerprint density at radius 2 is 2.00 bits per heavy atom. The number of carbonyl (C=O) groups excluding carboxylic acids is 1. The Balaban J connectivity index is 1.85. The van der Waals surface area contributed by atoms with Gasteiger partial charge in [-0.05, 0) is 25.1 Å². The van der Waals surface area contributed by atoms with Crippen molar-refractivity contribution in [3.8, 4) is 0 Å². The van der Waals surface area contributed by atoms with E-state index in [9.17, 15) is 4.79 Å². The Bertz CT molecular complexity index is 763. The molecule has 5 rings (SSSR count). The quantitative estimate of drug-likeness (QED) is 0.738. The van der Waals surface area contributed by atoms with Gasteiger partial charge in [-0.25, -0.2) is 0 Å². The van der Waals surface area contributed by atoms with Crippen LogP contribution in [0.2, 0.25) is 0 Å². The molecule has 21 heavy (non-hydrogen) atoms. The Morgan fingerprint density at radius 3 is 2.90 bits per heavy atom. The average molecular weight is 281 g/mol. The van der Waals surface area contributed by atoms with Gasteiger partial charge >= 0.3 is 0 Å². The SMILES string of the molecule is CN1CCN2CCc3c4n(c5ccccc35)C(=O)C[C@H]1[C@H]42. The van der Waals surface area contributed by atoms with E-state index in [-0.39, 0.29) is 5.91 Å². The van der Waals surface area contributed by atoms with Crippen molar-refractivity contribution >= 4 is 16.8 Å². The van der Waals surface area contributed by atoms with Gasteiger partial charge in [0.1, 0.15) is 0 Å². The Morgan fingerprint density at radius 1 is 1.14 bits per heavy atom. The highest BCUT2D eigenvalue weighted by atomic mass is 16.2. The molecule has 1 aromatic carbocycles. The highest BCUT2D eigenvalue weighted by Crippen LogP contribution is 2.44. The second-order valence-corrected chi connectivity index (χ2v) is 6.59. The molecule has 108 valence electrons. The van der Waals surface area contributed by atoms with Crippen LogP contribution in [-0.2, 0) is 6.42 Å². The number of fused-ring (bicyclic) bond motifs is 3. The van der Waals surface area contributed by atoms with Gasteiger partial charge in [0.15, 0.2) is 0 Å². The van der Waals surface area contributed by atoms with Crippen molar-refractivity contribution < 1.29 is 4.79 Å². The highest BCUT2D eigenvalue weighted by molar-refractivity contribution is 5.97. The standard InChI is InChI=1S/C17H19N3O/c1-18-8-9-19-7-6-12-11-4-2-3-5-13(11)20-15(21)10-14(18)17(19)16(12)20/h2-5,14,17H,6-10H2,1H3/t14-,17+/m0/s1. The maximum Gasteiger partial charge on any atom is 0.233 e. The summed E-state index contributed by atoms with van der Waals surface area (Å²) in [6, 6.07) is 9.16. The number of benzene rings is 1. The molecular weight excluding hydrogens is 262 g/mol. The van der Waals surface area contributed by atoms with Crippen molar-refractivity contribution in [1.82, 2.24) is 14.4 Å². The first-order chi connectivity index (χ1) is 10.3. The lowest BCUT2D eigenvalue weighted by Gasteiger charge is -2.50. The molecule has 1 fully saturated rings. The molecule has 2 aromatic rings. The molecule has 0 N–H and O–H groups in total. The van der Waals surface area contributed by atoms with E-state index in [0.717, 1.165) is 31.6 Å². The predicted molar refractivity (Wildman–Crippen MR) is 81.6 cm³/mol. The molecule has 0 spiro atoms. The number of hydrogen-bond acceptors (Lipinski definition) is 3. The topological polar surface area (TPSA) is 28.5 Å². The second kappa shape index (κ2) is 3.96. The molecule has 4 heteroatoms. The number of carbonyl (C=O) groups is 1. The third-order valence-corrected chi connectivity index (χ3v) is 5.65. The lowest BCUT2D eigenvalue weighted by molar-refractivity contribution is 0.00976. The molecule has 0 amide bonds.